The predicted octanol–water partition coefficient (Wildman–Crippen LogP) is 4.11. The van der Waals surface area contributed by atoms with Gasteiger partial charge in [0.1, 0.15) is 22.3 Å². The Morgan fingerprint density at radius 3 is 2.11 bits per heavy atom. The van der Waals surface area contributed by atoms with Crippen molar-refractivity contribution in [1.82, 2.24) is 0 Å². The van der Waals surface area contributed by atoms with Crippen molar-refractivity contribution >= 4 is 44.5 Å². The van der Waals surface area contributed by atoms with E-state index in [-0.39, 0.29) is 16.2 Å². The van der Waals surface area contributed by atoms with Gasteiger partial charge >= 0.3 is 0 Å². The molecular formula is C13H9BrF2N2S. The van der Waals surface area contributed by atoms with Crippen molar-refractivity contribution in [3.63, 3.8) is 0 Å². The number of halogens is 3. The van der Waals surface area contributed by atoms with Crippen LogP contribution < -0.4 is 11.1 Å². The van der Waals surface area contributed by atoms with Gasteiger partial charge in [-0.1, -0.05) is 28.1 Å². The van der Waals surface area contributed by atoms with E-state index in [2.05, 4.69) is 33.5 Å². The number of hydrogen-bond donors (Lipinski definition) is 2. The monoisotopic (exact) mass is 342 g/mol. The summed E-state index contributed by atoms with van der Waals surface area (Å²) in [5.74, 6) is -1.49. The first kappa shape index (κ1) is 13.9. The van der Waals surface area contributed by atoms with Crippen LogP contribution in [0.1, 0.15) is 5.56 Å². The highest BCUT2D eigenvalue weighted by atomic mass is 79.9. The molecule has 0 aliphatic rings. The van der Waals surface area contributed by atoms with Gasteiger partial charge in [-0.2, -0.15) is 0 Å². The van der Waals surface area contributed by atoms with E-state index in [9.17, 15) is 8.78 Å². The molecule has 0 amide bonds. The molecule has 2 aromatic rings. The SMILES string of the molecule is NC(=S)c1cc(F)c(Nc2ccc(Br)cc2)c(F)c1. The van der Waals surface area contributed by atoms with E-state index in [0.29, 0.717) is 5.69 Å². The molecular weight excluding hydrogens is 334 g/mol. The molecule has 0 aliphatic heterocycles. The van der Waals surface area contributed by atoms with E-state index in [1.807, 2.05) is 0 Å². The summed E-state index contributed by atoms with van der Waals surface area (Å²) in [6, 6.07) is 9.14. The van der Waals surface area contributed by atoms with Crippen LogP contribution in [0.25, 0.3) is 0 Å². The Morgan fingerprint density at radius 2 is 1.63 bits per heavy atom. The molecule has 0 saturated heterocycles. The maximum absolute atomic E-state index is 13.8. The highest BCUT2D eigenvalue weighted by Gasteiger charge is 2.12. The average Bonchev–Trinajstić information content (AvgIpc) is 2.35. The maximum Gasteiger partial charge on any atom is 0.150 e. The van der Waals surface area contributed by atoms with Gasteiger partial charge in [0.2, 0.25) is 0 Å². The van der Waals surface area contributed by atoms with Gasteiger partial charge in [0.05, 0.1) is 0 Å². The molecule has 0 saturated carbocycles. The van der Waals surface area contributed by atoms with Gasteiger partial charge in [0.25, 0.3) is 0 Å². The maximum atomic E-state index is 13.8. The Bertz CT molecular complexity index is 606. The zero-order valence-electron chi connectivity index (χ0n) is 9.58. The number of nitrogens with two attached hydrogens (primary N) is 1. The second-order valence-corrected chi connectivity index (χ2v) is 5.17. The van der Waals surface area contributed by atoms with Crippen LogP contribution in [0.4, 0.5) is 20.2 Å². The van der Waals surface area contributed by atoms with E-state index in [1.54, 1.807) is 24.3 Å². The highest BCUT2D eigenvalue weighted by molar-refractivity contribution is 9.10. The zero-order chi connectivity index (χ0) is 14.0. The van der Waals surface area contributed by atoms with Gasteiger partial charge in [-0.25, -0.2) is 8.78 Å². The molecule has 0 unspecified atom stereocenters. The largest absolute Gasteiger partial charge is 0.389 e. The van der Waals surface area contributed by atoms with Gasteiger partial charge < -0.3 is 11.1 Å². The molecule has 0 aliphatic carbocycles. The summed E-state index contributed by atoms with van der Waals surface area (Å²) >= 11 is 7.97. The molecule has 19 heavy (non-hydrogen) atoms. The van der Waals surface area contributed by atoms with Crippen molar-refractivity contribution in [3.05, 3.63) is 58.1 Å². The Kier molecular flexibility index (Phi) is 4.11. The van der Waals surface area contributed by atoms with Crippen LogP contribution >= 0.6 is 28.1 Å². The van der Waals surface area contributed by atoms with Gasteiger partial charge in [-0.05, 0) is 36.4 Å². The van der Waals surface area contributed by atoms with Crippen LogP contribution in [-0.4, -0.2) is 4.99 Å². The number of thiocarbonyl (C=S) groups is 1. The van der Waals surface area contributed by atoms with Gasteiger partial charge in [-0.15, -0.1) is 0 Å². The second kappa shape index (κ2) is 5.63. The molecule has 0 fully saturated rings. The predicted molar refractivity (Wildman–Crippen MR) is 79.7 cm³/mol. The lowest BCUT2D eigenvalue weighted by molar-refractivity contribution is 0.590. The van der Waals surface area contributed by atoms with Crippen LogP contribution in [0.15, 0.2) is 40.9 Å². The third-order valence-corrected chi connectivity index (χ3v) is 3.20. The zero-order valence-corrected chi connectivity index (χ0v) is 12.0. The van der Waals surface area contributed by atoms with E-state index >= 15 is 0 Å². The standard InChI is InChI=1S/C13H9BrF2N2S/c14-8-1-3-9(4-2-8)18-12-10(15)5-7(13(17)19)6-11(12)16/h1-6,18H,(H2,17,19). The second-order valence-electron chi connectivity index (χ2n) is 3.81. The summed E-state index contributed by atoms with van der Waals surface area (Å²) in [6.45, 7) is 0. The molecule has 98 valence electrons. The number of hydrogen-bond acceptors (Lipinski definition) is 2. The third kappa shape index (κ3) is 3.27. The summed E-state index contributed by atoms with van der Waals surface area (Å²) in [5.41, 5.74) is 5.84. The number of benzene rings is 2. The van der Waals surface area contributed by atoms with E-state index in [4.69, 9.17) is 5.73 Å². The lowest BCUT2D eigenvalue weighted by Crippen LogP contribution is -2.11. The minimum atomic E-state index is -0.745. The molecule has 0 atom stereocenters. The Labute approximate surface area is 122 Å². The molecule has 2 nitrogen and oxygen atoms in total. The lowest BCUT2D eigenvalue weighted by Gasteiger charge is -2.10. The first-order chi connectivity index (χ1) is 8.97. The van der Waals surface area contributed by atoms with Crippen LogP contribution in [0.2, 0.25) is 0 Å². The van der Waals surface area contributed by atoms with Crippen molar-refractivity contribution in [1.29, 1.82) is 0 Å². The van der Waals surface area contributed by atoms with Crippen molar-refractivity contribution in [2.24, 2.45) is 5.73 Å². The van der Waals surface area contributed by atoms with Gasteiger partial charge in [0, 0.05) is 15.7 Å². The smallest absolute Gasteiger partial charge is 0.150 e. The summed E-state index contributed by atoms with van der Waals surface area (Å²) in [4.78, 5) is -0.0482. The summed E-state index contributed by atoms with van der Waals surface area (Å²) in [7, 11) is 0. The van der Waals surface area contributed by atoms with E-state index < -0.39 is 11.6 Å². The summed E-state index contributed by atoms with van der Waals surface area (Å²) < 4.78 is 28.5. The van der Waals surface area contributed by atoms with Crippen LogP contribution in [-0.2, 0) is 0 Å². The molecule has 2 rings (SSSR count). The van der Waals surface area contributed by atoms with Gasteiger partial charge in [0.15, 0.2) is 0 Å². The van der Waals surface area contributed by atoms with Crippen molar-refractivity contribution in [2.75, 3.05) is 5.32 Å². The fourth-order valence-electron chi connectivity index (χ4n) is 1.51. The van der Waals surface area contributed by atoms with Gasteiger partial charge in [-0.3, -0.25) is 0 Å². The fraction of sp³-hybridized carbons (Fsp3) is 0. The topological polar surface area (TPSA) is 38.0 Å². The first-order valence-corrected chi connectivity index (χ1v) is 6.49. The molecule has 0 bridgehead atoms. The Hall–Kier alpha value is -1.53. The Morgan fingerprint density at radius 1 is 1.11 bits per heavy atom. The number of nitrogens with one attached hydrogen (secondary N) is 1. The minimum absolute atomic E-state index is 0.0482. The molecule has 2 aromatic carbocycles. The molecule has 0 radical (unpaired) electrons. The molecule has 0 heterocycles. The van der Waals surface area contributed by atoms with Crippen LogP contribution in [0, 0.1) is 11.6 Å². The average molecular weight is 343 g/mol. The highest BCUT2D eigenvalue weighted by Crippen LogP contribution is 2.25. The molecule has 3 N–H and O–H groups in total. The van der Waals surface area contributed by atoms with E-state index in [0.717, 1.165) is 16.6 Å². The molecule has 6 heteroatoms. The fourth-order valence-corrected chi connectivity index (χ4v) is 1.89. The normalized spacial score (nSPS) is 10.3. The van der Waals surface area contributed by atoms with E-state index in [1.165, 1.54) is 0 Å². The van der Waals surface area contributed by atoms with Crippen LogP contribution in [0.5, 0.6) is 0 Å². The third-order valence-electron chi connectivity index (χ3n) is 2.44. The Balaban J connectivity index is 2.35. The summed E-state index contributed by atoms with van der Waals surface area (Å²) in [5, 5.41) is 2.68. The molecule has 0 spiro atoms. The number of anilines is 2. The summed E-state index contributed by atoms with van der Waals surface area (Å²) in [6.07, 6.45) is 0. The minimum Gasteiger partial charge on any atom is -0.389 e. The van der Waals surface area contributed by atoms with Crippen molar-refractivity contribution in [2.45, 2.75) is 0 Å². The van der Waals surface area contributed by atoms with Crippen molar-refractivity contribution < 1.29 is 8.78 Å². The number of rotatable bonds is 3. The lowest BCUT2D eigenvalue weighted by atomic mass is 10.1. The first-order valence-electron chi connectivity index (χ1n) is 5.29. The quantitative estimate of drug-likeness (QED) is 0.824. The van der Waals surface area contributed by atoms with Crippen LogP contribution in [0.3, 0.4) is 0 Å². The van der Waals surface area contributed by atoms with Crippen molar-refractivity contribution in [3.8, 4) is 0 Å². The molecule has 0 aromatic heterocycles.